The second-order valence-corrected chi connectivity index (χ2v) is 7.78. The van der Waals surface area contributed by atoms with Crippen LogP contribution in [-0.2, 0) is 9.47 Å². The summed E-state index contributed by atoms with van der Waals surface area (Å²) in [4.78, 5) is 13.9. The summed E-state index contributed by atoms with van der Waals surface area (Å²) in [6, 6.07) is 2.29. The van der Waals surface area contributed by atoms with Gasteiger partial charge in [-0.3, -0.25) is 0 Å². The van der Waals surface area contributed by atoms with Gasteiger partial charge in [0.25, 0.3) is 0 Å². The molecule has 1 rings (SSSR count). The first kappa shape index (κ1) is 18.8. The van der Waals surface area contributed by atoms with Crippen LogP contribution in [0.2, 0.25) is 0 Å². The van der Waals surface area contributed by atoms with Gasteiger partial charge in [-0.05, 0) is 53.9 Å². The summed E-state index contributed by atoms with van der Waals surface area (Å²) in [7, 11) is 0. The zero-order chi connectivity index (χ0) is 17.0. The molecule has 0 saturated carbocycles. The van der Waals surface area contributed by atoms with Crippen molar-refractivity contribution < 1.29 is 14.3 Å². The number of nitriles is 1. The minimum atomic E-state index is -0.480. The molecule has 0 aromatic heterocycles. The van der Waals surface area contributed by atoms with Crippen LogP contribution in [0.1, 0.15) is 60.8 Å². The molecule has 0 radical (unpaired) electrons. The smallest absolute Gasteiger partial charge is 0.410 e. The Kier molecular flexibility index (Phi) is 5.86. The predicted octanol–water partition coefficient (Wildman–Crippen LogP) is 3.73. The van der Waals surface area contributed by atoms with E-state index in [1.807, 2.05) is 34.6 Å². The van der Waals surface area contributed by atoms with E-state index in [1.54, 1.807) is 4.90 Å². The summed E-state index contributed by atoms with van der Waals surface area (Å²) in [5.74, 6) is 0. The van der Waals surface area contributed by atoms with Crippen molar-refractivity contribution in [3.8, 4) is 6.07 Å². The van der Waals surface area contributed by atoms with Gasteiger partial charge in [0.1, 0.15) is 5.60 Å². The Hall–Kier alpha value is -1.28. The maximum absolute atomic E-state index is 12.1. The number of hydrogen-bond acceptors (Lipinski definition) is 4. The molecular weight excluding hydrogens is 280 g/mol. The first-order valence-electron chi connectivity index (χ1n) is 8.06. The fourth-order valence-electron chi connectivity index (χ4n) is 2.41. The van der Waals surface area contributed by atoms with E-state index < -0.39 is 5.60 Å². The van der Waals surface area contributed by atoms with Gasteiger partial charge in [0.05, 0.1) is 23.6 Å². The Labute approximate surface area is 134 Å². The molecular formula is C17H30N2O3. The minimum Gasteiger partial charge on any atom is -0.444 e. The van der Waals surface area contributed by atoms with Crippen molar-refractivity contribution in [1.82, 2.24) is 4.90 Å². The molecule has 1 saturated heterocycles. The second kappa shape index (κ2) is 6.87. The van der Waals surface area contributed by atoms with E-state index >= 15 is 0 Å². The summed E-state index contributed by atoms with van der Waals surface area (Å²) in [5, 5.41) is 9.06. The molecule has 0 spiro atoms. The van der Waals surface area contributed by atoms with Crippen LogP contribution in [-0.4, -0.2) is 41.9 Å². The lowest BCUT2D eigenvalue weighted by atomic mass is 9.91. The van der Waals surface area contributed by atoms with Gasteiger partial charge in [-0.1, -0.05) is 6.92 Å². The van der Waals surface area contributed by atoms with Gasteiger partial charge in [-0.15, -0.1) is 0 Å². The van der Waals surface area contributed by atoms with Crippen LogP contribution >= 0.6 is 0 Å². The van der Waals surface area contributed by atoms with E-state index in [0.717, 1.165) is 12.8 Å². The Bertz CT molecular complexity index is 434. The van der Waals surface area contributed by atoms with Crippen LogP contribution in [0.15, 0.2) is 0 Å². The van der Waals surface area contributed by atoms with E-state index in [0.29, 0.717) is 26.1 Å². The number of carbonyl (C=O) groups excluding carboxylic acids is 1. The highest BCUT2D eigenvalue weighted by Crippen LogP contribution is 2.31. The van der Waals surface area contributed by atoms with Crippen molar-refractivity contribution >= 4 is 6.09 Å². The zero-order valence-corrected chi connectivity index (χ0v) is 14.9. The van der Waals surface area contributed by atoms with Gasteiger partial charge < -0.3 is 14.4 Å². The van der Waals surface area contributed by atoms with E-state index in [4.69, 9.17) is 14.7 Å². The molecule has 126 valence electrons. The van der Waals surface area contributed by atoms with E-state index in [2.05, 4.69) is 13.0 Å². The monoisotopic (exact) mass is 310 g/mol. The van der Waals surface area contributed by atoms with Crippen molar-refractivity contribution in [2.75, 3.05) is 19.7 Å². The Morgan fingerprint density at radius 2 is 1.95 bits per heavy atom. The van der Waals surface area contributed by atoms with Gasteiger partial charge in [-0.25, -0.2) is 4.79 Å². The van der Waals surface area contributed by atoms with E-state index in [9.17, 15) is 4.79 Å². The molecule has 22 heavy (non-hydrogen) atoms. The average Bonchev–Trinajstić information content (AvgIpc) is 2.82. The zero-order valence-electron chi connectivity index (χ0n) is 14.9. The molecule has 0 N–H and O–H groups in total. The number of carbonyl (C=O) groups is 1. The molecule has 0 aromatic carbocycles. The third-order valence-electron chi connectivity index (χ3n) is 4.05. The van der Waals surface area contributed by atoms with E-state index in [-0.39, 0.29) is 17.1 Å². The van der Waals surface area contributed by atoms with E-state index in [1.165, 1.54) is 0 Å². The van der Waals surface area contributed by atoms with Crippen LogP contribution in [0, 0.1) is 16.7 Å². The van der Waals surface area contributed by atoms with Crippen molar-refractivity contribution in [2.24, 2.45) is 5.41 Å². The number of ether oxygens (including phenoxy) is 2. The average molecular weight is 310 g/mol. The topological polar surface area (TPSA) is 62.6 Å². The van der Waals surface area contributed by atoms with Crippen molar-refractivity contribution in [2.45, 2.75) is 72.0 Å². The summed E-state index contributed by atoms with van der Waals surface area (Å²) < 4.78 is 11.5. The highest BCUT2D eigenvalue weighted by atomic mass is 16.6. The molecule has 1 aliphatic heterocycles. The minimum absolute atomic E-state index is 0.274. The van der Waals surface area contributed by atoms with Gasteiger partial charge in [0.2, 0.25) is 0 Å². The molecule has 1 amide bonds. The molecule has 0 bridgehead atoms. The van der Waals surface area contributed by atoms with Crippen LogP contribution in [0.5, 0.6) is 0 Å². The van der Waals surface area contributed by atoms with Gasteiger partial charge >= 0.3 is 6.09 Å². The molecule has 1 aliphatic rings. The van der Waals surface area contributed by atoms with Crippen LogP contribution in [0.3, 0.4) is 0 Å². The van der Waals surface area contributed by atoms with Crippen molar-refractivity contribution in [3.05, 3.63) is 0 Å². The van der Waals surface area contributed by atoms with Crippen LogP contribution in [0.4, 0.5) is 4.79 Å². The highest BCUT2D eigenvalue weighted by Gasteiger charge is 2.41. The molecule has 5 heteroatoms. The molecule has 0 aromatic rings. The van der Waals surface area contributed by atoms with Crippen LogP contribution < -0.4 is 0 Å². The van der Waals surface area contributed by atoms with Crippen molar-refractivity contribution in [3.63, 3.8) is 0 Å². The van der Waals surface area contributed by atoms with Crippen LogP contribution in [0.25, 0.3) is 0 Å². The SMILES string of the molecule is CCC1(OCCC(C)(C)C#N)CCN(C(=O)OC(C)(C)C)C1. The normalized spacial score (nSPS) is 22.5. The lowest BCUT2D eigenvalue weighted by Gasteiger charge is -2.30. The molecule has 1 fully saturated rings. The van der Waals surface area contributed by atoms with Crippen molar-refractivity contribution in [1.29, 1.82) is 5.26 Å². The fourth-order valence-corrected chi connectivity index (χ4v) is 2.41. The first-order chi connectivity index (χ1) is 10.0. The van der Waals surface area contributed by atoms with Gasteiger partial charge in [0.15, 0.2) is 0 Å². The highest BCUT2D eigenvalue weighted by molar-refractivity contribution is 5.68. The fraction of sp³-hybridized carbons (Fsp3) is 0.882. The number of amides is 1. The van der Waals surface area contributed by atoms with Gasteiger partial charge in [0, 0.05) is 13.2 Å². The Morgan fingerprint density at radius 1 is 1.32 bits per heavy atom. The largest absolute Gasteiger partial charge is 0.444 e. The Balaban J connectivity index is 2.56. The second-order valence-electron chi connectivity index (χ2n) is 7.78. The summed E-state index contributed by atoms with van der Waals surface area (Å²) >= 11 is 0. The summed E-state index contributed by atoms with van der Waals surface area (Å²) in [6.07, 6.45) is 2.08. The maximum atomic E-state index is 12.1. The standard InChI is InChI=1S/C17H30N2O3/c1-7-17(21-11-9-16(5,6)12-18)8-10-19(13-17)14(20)22-15(2,3)4/h7-11,13H2,1-6H3. The molecule has 1 unspecified atom stereocenters. The number of rotatable bonds is 5. The summed E-state index contributed by atoms with van der Waals surface area (Å²) in [6.45, 7) is 13.3. The quantitative estimate of drug-likeness (QED) is 0.776. The molecule has 5 nitrogen and oxygen atoms in total. The molecule has 0 aliphatic carbocycles. The first-order valence-corrected chi connectivity index (χ1v) is 8.06. The lowest BCUT2D eigenvalue weighted by Crippen LogP contribution is -2.40. The predicted molar refractivity (Wildman–Crippen MR) is 85.4 cm³/mol. The Morgan fingerprint density at radius 3 is 2.45 bits per heavy atom. The third-order valence-corrected chi connectivity index (χ3v) is 4.05. The summed E-state index contributed by atoms with van der Waals surface area (Å²) in [5.41, 5.74) is -1.16. The van der Waals surface area contributed by atoms with Gasteiger partial charge in [-0.2, -0.15) is 5.26 Å². The third kappa shape index (κ3) is 5.49. The number of hydrogen-bond donors (Lipinski definition) is 0. The molecule has 1 atom stereocenters. The number of likely N-dealkylation sites (tertiary alicyclic amines) is 1. The maximum Gasteiger partial charge on any atom is 0.410 e. The lowest BCUT2D eigenvalue weighted by molar-refractivity contribution is -0.0486. The molecule has 1 heterocycles. The number of nitrogens with zero attached hydrogens (tertiary/aromatic N) is 2.